The highest BCUT2D eigenvalue weighted by molar-refractivity contribution is 7.10. The number of carbonyl (C=O) groups excluding carboxylic acids is 2. The van der Waals surface area contributed by atoms with Crippen LogP contribution in [0.3, 0.4) is 0 Å². The number of thiophene rings is 1. The zero-order valence-corrected chi connectivity index (χ0v) is 12.9. The Bertz CT molecular complexity index is 497. The quantitative estimate of drug-likeness (QED) is 0.895. The van der Waals surface area contributed by atoms with Crippen LogP contribution in [0.1, 0.15) is 17.7 Å². The number of nitrogens with zero attached hydrogens (tertiary/aromatic N) is 2. The average molecular weight is 307 g/mol. The van der Waals surface area contributed by atoms with Crippen molar-refractivity contribution in [2.45, 2.75) is 25.3 Å². The molecule has 1 aromatic rings. The third-order valence-electron chi connectivity index (χ3n) is 4.19. The second-order valence-corrected chi connectivity index (χ2v) is 6.61. The molecule has 3 rings (SSSR count). The van der Waals surface area contributed by atoms with Gasteiger partial charge in [0.1, 0.15) is 6.04 Å². The summed E-state index contributed by atoms with van der Waals surface area (Å²) in [7, 11) is 0. The van der Waals surface area contributed by atoms with E-state index in [9.17, 15) is 9.59 Å². The molecule has 114 valence electrons. The van der Waals surface area contributed by atoms with E-state index in [4.69, 9.17) is 0 Å². The van der Waals surface area contributed by atoms with Crippen molar-refractivity contribution < 1.29 is 9.59 Å². The van der Waals surface area contributed by atoms with Gasteiger partial charge in [0.05, 0.1) is 6.42 Å². The monoisotopic (exact) mass is 307 g/mol. The summed E-state index contributed by atoms with van der Waals surface area (Å²) in [5.41, 5.74) is 0. The van der Waals surface area contributed by atoms with Crippen LogP contribution in [0, 0.1) is 0 Å². The SMILES string of the molecule is O=C(C1CCCN1C(=O)Cc1cccs1)N1CCNCC1. The first-order valence-electron chi connectivity index (χ1n) is 7.57. The second-order valence-electron chi connectivity index (χ2n) is 5.58. The largest absolute Gasteiger partial charge is 0.338 e. The fourth-order valence-corrected chi connectivity index (χ4v) is 3.78. The summed E-state index contributed by atoms with van der Waals surface area (Å²) in [4.78, 5) is 29.9. The van der Waals surface area contributed by atoms with Gasteiger partial charge in [0.15, 0.2) is 0 Å². The van der Waals surface area contributed by atoms with E-state index in [1.54, 1.807) is 16.2 Å². The molecule has 2 fully saturated rings. The highest BCUT2D eigenvalue weighted by Gasteiger charge is 2.36. The minimum Gasteiger partial charge on any atom is -0.338 e. The Kier molecular flexibility index (Phi) is 4.55. The molecule has 6 heteroatoms. The van der Waals surface area contributed by atoms with Gasteiger partial charge < -0.3 is 15.1 Å². The van der Waals surface area contributed by atoms with Crippen molar-refractivity contribution in [3.05, 3.63) is 22.4 Å². The predicted octanol–water partition coefficient (Wildman–Crippen LogP) is 0.713. The van der Waals surface area contributed by atoms with E-state index in [1.807, 2.05) is 22.4 Å². The van der Waals surface area contributed by atoms with E-state index in [2.05, 4.69) is 5.32 Å². The molecule has 1 aromatic heterocycles. The summed E-state index contributed by atoms with van der Waals surface area (Å²) >= 11 is 1.60. The lowest BCUT2D eigenvalue weighted by Crippen LogP contribution is -2.53. The van der Waals surface area contributed by atoms with E-state index in [0.29, 0.717) is 13.0 Å². The second kappa shape index (κ2) is 6.58. The van der Waals surface area contributed by atoms with Crippen LogP contribution < -0.4 is 5.32 Å². The molecule has 0 radical (unpaired) electrons. The summed E-state index contributed by atoms with van der Waals surface area (Å²) in [6.45, 7) is 3.92. The molecule has 5 nitrogen and oxygen atoms in total. The van der Waals surface area contributed by atoms with Gasteiger partial charge in [-0.1, -0.05) is 6.07 Å². The topological polar surface area (TPSA) is 52.7 Å². The van der Waals surface area contributed by atoms with Gasteiger partial charge in [0.2, 0.25) is 11.8 Å². The molecule has 1 atom stereocenters. The normalized spacial score (nSPS) is 22.6. The third-order valence-corrected chi connectivity index (χ3v) is 5.07. The summed E-state index contributed by atoms with van der Waals surface area (Å²) in [6.07, 6.45) is 2.15. The molecular weight excluding hydrogens is 286 g/mol. The van der Waals surface area contributed by atoms with Crippen molar-refractivity contribution in [3.63, 3.8) is 0 Å². The van der Waals surface area contributed by atoms with E-state index in [-0.39, 0.29) is 17.9 Å². The number of piperazine rings is 1. The fourth-order valence-electron chi connectivity index (χ4n) is 3.08. The molecule has 2 aliphatic heterocycles. The maximum Gasteiger partial charge on any atom is 0.245 e. The van der Waals surface area contributed by atoms with Gasteiger partial charge in [0.25, 0.3) is 0 Å². The zero-order valence-electron chi connectivity index (χ0n) is 12.1. The Labute approximate surface area is 128 Å². The van der Waals surface area contributed by atoms with Crippen molar-refractivity contribution in [2.75, 3.05) is 32.7 Å². The fraction of sp³-hybridized carbons (Fsp3) is 0.600. The molecule has 0 aromatic carbocycles. The number of hydrogen-bond donors (Lipinski definition) is 1. The van der Waals surface area contributed by atoms with Gasteiger partial charge >= 0.3 is 0 Å². The molecule has 1 unspecified atom stereocenters. The van der Waals surface area contributed by atoms with E-state index in [1.165, 1.54) is 0 Å². The lowest BCUT2D eigenvalue weighted by atomic mass is 10.1. The summed E-state index contributed by atoms with van der Waals surface area (Å²) in [5.74, 6) is 0.219. The Balaban J connectivity index is 1.64. The number of rotatable bonds is 3. The third kappa shape index (κ3) is 3.27. The lowest BCUT2D eigenvalue weighted by molar-refractivity contribution is -0.143. The molecule has 1 N–H and O–H groups in total. The smallest absolute Gasteiger partial charge is 0.245 e. The molecular formula is C15H21N3O2S. The lowest BCUT2D eigenvalue weighted by Gasteiger charge is -2.33. The maximum absolute atomic E-state index is 12.6. The predicted molar refractivity (Wildman–Crippen MR) is 82.2 cm³/mol. The van der Waals surface area contributed by atoms with Crippen LogP contribution in [-0.2, 0) is 16.0 Å². The molecule has 0 aliphatic carbocycles. The molecule has 2 aliphatic rings. The number of carbonyl (C=O) groups is 2. The Morgan fingerprint density at radius 2 is 2.10 bits per heavy atom. The highest BCUT2D eigenvalue weighted by Crippen LogP contribution is 2.22. The first kappa shape index (κ1) is 14.5. The van der Waals surface area contributed by atoms with Crippen LogP contribution in [0.4, 0.5) is 0 Å². The van der Waals surface area contributed by atoms with Crippen LogP contribution in [-0.4, -0.2) is 60.4 Å². The van der Waals surface area contributed by atoms with Gasteiger partial charge in [-0.05, 0) is 24.3 Å². The van der Waals surface area contributed by atoms with E-state index >= 15 is 0 Å². The average Bonchev–Trinajstić information content (AvgIpc) is 3.18. The molecule has 0 bridgehead atoms. The minimum absolute atomic E-state index is 0.0865. The van der Waals surface area contributed by atoms with Crippen molar-refractivity contribution in [1.29, 1.82) is 0 Å². The standard InChI is InChI=1S/C15H21N3O2S/c19-14(11-12-3-2-10-21-12)18-7-1-4-13(18)15(20)17-8-5-16-6-9-17/h2-3,10,13,16H,1,4-9,11H2. The molecule has 2 saturated heterocycles. The molecule has 21 heavy (non-hydrogen) atoms. The maximum atomic E-state index is 12.6. The van der Waals surface area contributed by atoms with Gasteiger partial charge in [0, 0.05) is 37.6 Å². The van der Waals surface area contributed by atoms with Crippen molar-refractivity contribution in [3.8, 4) is 0 Å². The van der Waals surface area contributed by atoms with Crippen LogP contribution in [0.15, 0.2) is 17.5 Å². The summed E-state index contributed by atoms with van der Waals surface area (Å²) < 4.78 is 0. The molecule has 0 spiro atoms. The van der Waals surface area contributed by atoms with Crippen molar-refractivity contribution >= 4 is 23.2 Å². The zero-order chi connectivity index (χ0) is 14.7. The Morgan fingerprint density at radius 3 is 2.81 bits per heavy atom. The van der Waals surface area contributed by atoms with Gasteiger partial charge in [-0.15, -0.1) is 11.3 Å². The number of hydrogen-bond acceptors (Lipinski definition) is 4. The first-order valence-corrected chi connectivity index (χ1v) is 8.45. The Hall–Kier alpha value is -1.40. The Morgan fingerprint density at radius 1 is 1.29 bits per heavy atom. The number of nitrogens with one attached hydrogen (secondary N) is 1. The van der Waals surface area contributed by atoms with Gasteiger partial charge in [-0.25, -0.2) is 0 Å². The first-order chi connectivity index (χ1) is 10.3. The highest BCUT2D eigenvalue weighted by atomic mass is 32.1. The molecule has 0 saturated carbocycles. The summed E-state index contributed by atoms with van der Waals surface area (Å²) in [5, 5.41) is 5.23. The summed E-state index contributed by atoms with van der Waals surface area (Å²) in [6, 6.07) is 3.70. The van der Waals surface area contributed by atoms with Crippen LogP contribution in [0.25, 0.3) is 0 Å². The number of likely N-dealkylation sites (tertiary alicyclic amines) is 1. The van der Waals surface area contributed by atoms with Crippen molar-refractivity contribution in [1.82, 2.24) is 15.1 Å². The molecule has 2 amide bonds. The van der Waals surface area contributed by atoms with Crippen LogP contribution in [0.2, 0.25) is 0 Å². The van der Waals surface area contributed by atoms with E-state index < -0.39 is 0 Å². The van der Waals surface area contributed by atoms with E-state index in [0.717, 1.165) is 43.9 Å². The van der Waals surface area contributed by atoms with Crippen molar-refractivity contribution in [2.24, 2.45) is 0 Å². The van der Waals surface area contributed by atoms with Crippen LogP contribution >= 0.6 is 11.3 Å². The molecule has 3 heterocycles. The van der Waals surface area contributed by atoms with Gasteiger partial charge in [-0.2, -0.15) is 0 Å². The van der Waals surface area contributed by atoms with Crippen LogP contribution in [0.5, 0.6) is 0 Å². The minimum atomic E-state index is -0.240. The van der Waals surface area contributed by atoms with Gasteiger partial charge in [-0.3, -0.25) is 9.59 Å². The number of amides is 2.